The number of carbonyl (C=O) groups is 1. The fraction of sp³-hybridized carbons (Fsp3) is 0.353. The molecule has 0 aromatic carbocycles. The van der Waals surface area contributed by atoms with Crippen LogP contribution in [0.4, 0.5) is 0 Å². The number of carbonyl (C=O) groups excluding carboxylic acids is 1. The van der Waals surface area contributed by atoms with Gasteiger partial charge < -0.3 is 13.9 Å². The molecular formula is C17H18O4. The molecule has 0 saturated carbocycles. The molecule has 3 rings (SSSR count). The highest BCUT2D eigenvalue weighted by molar-refractivity contribution is 5.87. The van der Waals surface area contributed by atoms with Crippen LogP contribution >= 0.6 is 0 Å². The third-order valence-corrected chi connectivity index (χ3v) is 4.27. The molecular weight excluding hydrogens is 268 g/mol. The summed E-state index contributed by atoms with van der Waals surface area (Å²) in [6.45, 7) is 8.02. The molecule has 0 saturated heterocycles. The SMILES string of the molecule is C=CC(C)(C)[C@@H]1c2occc2C(OC)=C2C=CC(=O)O[C@H]21. The number of esters is 1. The van der Waals surface area contributed by atoms with Crippen LogP contribution in [0.15, 0.2) is 47.1 Å². The molecule has 0 N–H and O–H groups in total. The molecule has 0 fully saturated rings. The summed E-state index contributed by atoms with van der Waals surface area (Å²) in [5, 5.41) is 0. The van der Waals surface area contributed by atoms with Gasteiger partial charge in [-0.15, -0.1) is 6.58 Å². The number of furan rings is 1. The van der Waals surface area contributed by atoms with Gasteiger partial charge in [0.15, 0.2) is 0 Å². The number of fused-ring (bicyclic) bond motifs is 2. The summed E-state index contributed by atoms with van der Waals surface area (Å²) >= 11 is 0. The molecule has 0 unspecified atom stereocenters. The molecule has 2 atom stereocenters. The van der Waals surface area contributed by atoms with Crippen LogP contribution in [0, 0.1) is 5.41 Å². The van der Waals surface area contributed by atoms with Crippen LogP contribution in [0.3, 0.4) is 0 Å². The normalized spacial score (nSPS) is 24.2. The predicted molar refractivity (Wildman–Crippen MR) is 78.4 cm³/mol. The Hall–Kier alpha value is -2.23. The van der Waals surface area contributed by atoms with Crippen molar-refractivity contribution in [3.63, 3.8) is 0 Å². The van der Waals surface area contributed by atoms with Crippen LogP contribution in [-0.2, 0) is 14.3 Å². The van der Waals surface area contributed by atoms with Crippen molar-refractivity contribution in [1.29, 1.82) is 0 Å². The molecule has 2 heterocycles. The van der Waals surface area contributed by atoms with Crippen molar-refractivity contribution in [1.82, 2.24) is 0 Å². The van der Waals surface area contributed by atoms with Gasteiger partial charge in [0, 0.05) is 11.6 Å². The lowest BCUT2D eigenvalue weighted by molar-refractivity contribution is -0.144. The van der Waals surface area contributed by atoms with Crippen LogP contribution in [0.5, 0.6) is 0 Å². The van der Waals surface area contributed by atoms with Crippen molar-refractivity contribution in [3.05, 3.63) is 54.0 Å². The molecule has 1 aromatic heterocycles. The summed E-state index contributed by atoms with van der Waals surface area (Å²) in [4.78, 5) is 11.7. The van der Waals surface area contributed by atoms with Gasteiger partial charge in [0.05, 0.1) is 24.9 Å². The van der Waals surface area contributed by atoms with Crippen molar-refractivity contribution < 1.29 is 18.7 Å². The van der Waals surface area contributed by atoms with Crippen molar-refractivity contribution >= 4 is 11.7 Å². The second kappa shape index (κ2) is 4.65. The van der Waals surface area contributed by atoms with Crippen LogP contribution in [0.25, 0.3) is 5.76 Å². The Kier molecular flexibility index (Phi) is 3.04. The summed E-state index contributed by atoms with van der Waals surface area (Å²) in [6, 6.07) is 1.88. The maximum absolute atomic E-state index is 11.7. The third kappa shape index (κ3) is 1.94. The van der Waals surface area contributed by atoms with E-state index in [1.54, 1.807) is 19.4 Å². The largest absolute Gasteiger partial charge is 0.496 e. The van der Waals surface area contributed by atoms with Gasteiger partial charge in [-0.25, -0.2) is 4.79 Å². The highest BCUT2D eigenvalue weighted by Crippen LogP contribution is 2.50. The van der Waals surface area contributed by atoms with Crippen molar-refractivity contribution in [2.24, 2.45) is 5.41 Å². The average molecular weight is 286 g/mol. The van der Waals surface area contributed by atoms with E-state index >= 15 is 0 Å². The number of methoxy groups -OCH3 is 1. The van der Waals surface area contributed by atoms with Gasteiger partial charge in [-0.05, 0) is 17.6 Å². The molecule has 0 spiro atoms. The quantitative estimate of drug-likeness (QED) is 0.631. The van der Waals surface area contributed by atoms with E-state index in [0.717, 1.165) is 16.9 Å². The van der Waals surface area contributed by atoms with Crippen LogP contribution in [-0.4, -0.2) is 19.2 Å². The zero-order valence-electron chi connectivity index (χ0n) is 12.4. The first kappa shape index (κ1) is 13.7. The number of hydrogen-bond acceptors (Lipinski definition) is 4. The molecule has 4 nitrogen and oxygen atoms in total. The van der Waals surface area contributed by atoms with Gasteiger partial charge in [-0.3, -0.25) is 0 Å². The molecule has 1 aliphatic heterocycles. The van der Waals surface area contributed by atoms with Gasteiger partial charge >= 0.3 is 5.97 Å². The molecule has 0 bridgehead atoms. The predicted octanol–water partition coefficient (Wildman–Crippen LogP) is 3.43. The zero-order chi connectivity index (χ0) is 15.2. The zero-order valence-corrected chi connectivity index (χ0v) is 12.4. The van der Waals surface area contributed by atoms with Gasteiger partial charge in [-0.2, -0.15) is 0 Å². The Morgan fingerprint density at radius 3 is 2.81 bits per heavy atom. The maximum atomic E-state index is 11.7. The lowest BCUT2D eigenvalue weighted by Gasteiger charge is -2.40. The molecule has 1 aromatic rings. The van der Waals surface area contributed by atoms with Crippen molar-refractivity contribution in [2.75, 3.05) is 7.11 Å². The summed E-state index contributed by atoms with van der Waals surface area (Å²) in [5.74, 6) is 0.985. The van der Waals surface area contributed by atoms with Crippen LogP contribution < -0.4 is 0 Å². The number of hydrogen-bond donors (Lipinski definition) is 0. The van der Waals surface area contributed by atoms with E-state index in [2.05, 4.69) is 20.4 Å². The van der Waals surface area contributed by atoms with E-state index in [1.807, 2.05) is 12.1 Å². The topological polar surface area (TPSA) is 48.7 Å². The second-order valence-corrected chi connectivity index (χ2v) is 5.88. The Bertz CT molecular complexity index is 660. The van der Waals surface area contributed by atoms with E-state index in [9.17, 15) is 4.79 Å². The van der Waals surface area contributed by atoms with Crippen molar-refractivity contribution in [3.8, 4) is 0 Å². The van der Waals surface area contributed by atoms with Crippen molar-refractivity contribution in [2.45, 2.75) is 25.9 Å². The second-order valence-electron chi connectivity index (χ2n) is 5.88. The summed E-state index contributed by atoms with van der Waals surface area (Å²) in [7, 11) is 1.61. The van der Waals surface area contributed by atoms with Gasteiger partial charge in [0.1, 0.15) is 17.6 Å². The number of rotatable bonds is 3. The van der Waals surface area contributed by atoms with E-state index in [-0.39, 0.29) is 17.3 Å². The Balaban J connectivity index is 2.25. The first-order valence-corrected chi connectivity index (χ1v) is 6.88. The number of ether oxygens (including phenoxy) is 2. The Labute approximate surface area is 123 Å². The van der Waals surface area contributed by atoms with Gasteiger partial charge in [-0.1, -0.05) is 19.9 Å². The van der Waals surface area contributed by atoms with Crippen LogP contribution in [0.2, 0.25) is 0 Å². The van der Waals surface area contributed by atoms with Gasteiger partial charge in [0.25, 0.3) is 0 Å². The molecule has 4 heteroatoms. The first-order valence-electron chi connectivity index (χ1n) is 6.88. The fourth-order valence-corrected chi connectivity index (χ4v) is 3.06. The monoisotopic (exact) mass is 286 g/mol. The lowest BCUT2D eigenvalue weighted by atomic mass is 9.68. The van der Waals surface area contributed by atoms with E-state index in [0.29, 0.717) is 5.76 Å². The Morgan fingerprint density at radius 1 is 1.38 bits per heavy atom. The molecule has 0 amide bonds. The standard InChI is InChI=1S/C17H18O4/c1-5-17(2,3)13-15-11(8-9-20-15)14(19-4)10-6-7-12(18)21-16(10)13/h5-9,13,16H,1H2,2-4H3/t13-,16-/m1/s1. The minimum atomic E-state index is -0.427. The molecule has 21 heavy (non-hydrogen) atoms. The average Bonchev–Trinajstić information content (AvgIpc) is 2.92. The highest BCUT2D eigenvalue weighted by atomic mass is 16.5. The molecule has 2 aliphatic rings. The summed E-state index contributed by atoms with van der Waals surface area (Å²) in [5.41, 5.74) is 1.48. The van der Waals surface area contributed by atoms with E-state index in [4.69, 9.17) is 13.9 Å². The smallest absolute Gasteiger partial charge is 0.331 e. The minimum absolute atomic E-state index is 0.136. The molecule has 0 radical (unpaired) electrons. The first-order chi connectivity index (χ1) is 9.99. The summed E-state index contributed by atoms with van der Waals surface area (Å²) < 4.78 is 16.8. The lowest BCUT2D eigenvalue weighted by Crippen LogP contribution is -2.39. The third-order valence-electron chi connectivity index (χ3n) is 4.27. The minimum Gasteiger partial charge on any atom is -0.496 e. The number of allylic oxidation sites excluding steroid dienone is 1. The Morgan fingerprint density at radius 2 is 2.14 bits per heavy atom. The van der Waals surface area contributed by atoms with Crippen LogP contribution in [0.1, 0.15) is 31.1 Å². The van der Waals surface area contributed by atoms with E-state index in [1.165, 1.54) is 6.08 Å². The summed E-state index contributed by atoms with van der Waals surface area (Å²) in [6.07, 6.45) is 6.28. The van der Waals surface area contributed by atoms with E-state index < -0.39 is 6.10 Å². The molecule has 1 aliphatic carbocycles. The highest BCUT2D eigenvalue weighted by Gasteiger charge is 2.47. The maximum Gasteiger partial charge on any atom is 0.331 e. The fourth-order valence-electron chi connectivity index (χ4n) is 3.06. The molecule has 110 valence electrons. The van der Waals surface area contributed by atoms with Gasteiger partial charge in [0.2, 0.25) is 0 Å².